The van der Waals surface area contributed by atoms with E-state index in [1.165, 1.54) is 16.7 Å². The van der Waals surface area contributed by atoms with E-state index >= 15 is 0 Å². The summed E-state index contributed by atoms with van der Waals surface area (Å²) in [7, 11) is 4.21. The molecular weight excluding hydrogens is 338 g/mol. The second kappa shape index (κ2) is 10.1. The summed E-state index contributed by atoms with van der Waals surface area (Å²) in [5.74, 6) is 1.65. The minimum Gasteiger partial charge on any atom is -0.493 e. The van der Waals surface area contributed by atoms with Crippen LogP contribution in [0.15, 0.2) is 12.1 Å². The van der Waals surface area contributed by atoms with Gasteiger partial charge in [0.25, 0.3) is 0 Å². The first-order valence-corrected chi connectivity index (χ1v) is 10.2. The van der Waals surface area contributed by atoms with Gasteiger partial charge in [-0.2, -0.15) is 0 Å². The molecule has 1 aliphatic heterocycles. The number of carbonyl (C=O) groups is 1. The van der Waals surface area contributed by atoms with Gasteiger partial charge in [0.05, 0.1) is 6.61 Å². The van der Waals surface area contributed by atoms with Gasteiger partial charge in [0.2, 0.25) is 5.91 Å². The summed E-state index contributed by atoms with van der Waals surface area (Å²) in [4.78, 5) is 15.7. The Morgan fingerprint density at radius 2 is 1.96 bits per heavy atom. The maximum Gasteiger partial charge on any atom is 0.216 e. The zero-order valence-electron chi connectivity index (χ0n) is 18.0. The molecule has 1 amide bonds. The Bertz CT molecular complexity index is 624. The third kappa shape index (κ3) is 6.22. The normalized spacial score (nSPS) is 16.3. The van der Waals surface area contributed by atoms with Crippen molar-refractivity contribution in [2.24, 2.45) is 5.92 Å². The molecule has 1 saturated heterocycles. The number of rotatable bonds is 10. The molecule has 152 valence electrons. The Kier molecular flexibility index (Phi) is 8.11. The SMILES string of the molecule is CC(=O)NCC1CN(C(C)c2ccc(OCCCCN(C)C)c(C)c2C)C1. The third-order valence-corrected chi connectivity index (χ3v) is 5.66. The molecule has 0 spiro atoms. The van der Waals surface area contributed by atoms with E-state index in [0.29, 0.717) is 12.0 Å². The number of unbranched alkanes of at least 4 members (excludes halogenated alkanes) is 1. The van der Waals surface area contributed by atoms with Crippen molar-refractivity contribution in [2.45, 2.75) is 46.6 Å². The van der Waals surface area contributed by atoms with Gasteiger partial charge >= 0.3 is 0 Å². The minimum absolute atomic E-state index is 0.0604. The lowest BCUT2D eigenvalue weighted by molar-refractivity contribution is -0.119. The standard InChI is InChI=1S/C22H37N3O2/c1-16-17(2)22(27-12-8-7-11-24(5)6)10-9-21(16)18(3)25-14-20(15-25)13-23-19(4)26/h9-10,18,20H,7-8,11-15H2,1-6H3,(H,23,26). The topological polar surface area (TPSA) is 44.8 Å². The van der Waals surface area contributed by atoms with Crippen LogP contribution in [0.2, 0.25) is 0 Å². The number of ether oxygens (including phenoxy) is 1. The first kappa shape index (κ1) is 21.7. The third-order valence-electron chi connectivity index (χ3n) is 5.66. The van der Waals surface area contributed by atoms with Gasteiger partial charge in [0, 0.05) is 38.5 Å². The molecule has 1 unspecified atom stereocenters. The Morgan fingerprint density at radius 1 is 1.26 bits per heavy atom. The highest BCUT2D eigenvalue weighted by molar-refractivity contribution is 5.72. The van der Waals surface area contributed by atoms with Crippen LogP contribution in [-0.4, -0.2) is 62.6 Å². The predicted molar refractivity (Wildman–Crippen MR) is 111 cm³/mol. The fourth-order valence-electron chi connectivity index (χ4n) is 3.68. The van der Waals surface area contributed by atoms with E-state index in [1.807, 2.05) is 0 Å². The summed E-state index contributed by atoms with van der Waals surface area (Å²) in [5, 5.41) is 2.92. The van der Waals surface area contributed by atoms with Gasteiger partial charge in [0.15, 0.2) is 0 Å². The number of benzene rings is 1. The van der Waals surface area contributed by atoms with E-state index in [1.54, 1.807) is 6.92 Å². The van der Waals surface area contributed by atoms with Crippen molar-refractivity contribution in [1.29, 1.82) is 0 Å². The fraction of sp³-hybridized carbons (Fsp3) is 0.682. The predicted octanol–water partition coefficient (Wildman–Crippen LogP) is 3.15. The summed E-state index contributed by atoms with van der Waals surface area (Å²) >= 11 is 0. The molecule has 2 rings (SSSR count). The number of nitrogens with one attached hydrogen (secondary N) is 1. The summed E-state index contributed by atoms with van der Waals surface area (Å²) in [6, 6.07) is 4.75. The van der Waals surface area contributed by atoms with Gasteiger partial charge in [-0.25, -0.2) is 0 Å². The number of likely N-dealkylation sites (tertiary alicyclic amines) is 1. The highest BCUT2D eigenvalue weighted by Gasteiger charge is 2.31. The lowest BCUT2D eigenvalue weighted by Gasteiger charge is -2.44. The largest absolute Gasteiger partial charge is 0.493 e. The highest BCUT2D eigenvalue weighted by Crippen LogP contribution is 2.34. The smallest absolute Gasteiger partial charge is 0.216 e. The molecule has 1 N–H and O–H groups in total. The summed E-state index contributed by atoms with van der Waals surface area (Å²) in [5.41, 5.74) is 3.96. The Balaban J connectivity index is 1.86. The van der Waals surface area contributed by atoms with Crippen LogP contribution in [0.1, 0.15) is 49.4 Å². The van der Waals surface area contributed by atoms with Crippen LogP contribution in [-0.2, 0) is 4.79 Å². The van der Waals surface area contributed by atoms with Crippen LogP contribution in [0.5, 0.6) is 5.75 Å². The quantitative estimate of drug-likeness (QED) is 0.638. The second-order valence-corrected chi connectivity index (χ2v) is 8.19. The van der Waals surface area contributed by atoms with Gasteiger partial charge in [0.1, 0.15) is 5.75 Å². The van der Waals surface area contributed by atoms with Crippen LogP contribution in [0.3, 0.4) is 0 Å². The molecule has 1 aromatic carbocycles. The van der Waals surface area contributed by atoms with Crippen molar-refractivity contribution < 1.29 is 9.53 Å². The molecule has 1 fully saturated rings. The summed E-state index contributed by atoms with van der Waals surface area (Å²) in [6.07, 6.45) is 2.24. The Morgan fingerprint density at radius 3 is 2.59 bits per heavy atom. The lowest BCUT2D eigenvalue weighted by atomic mass is 9.91. The van der Waals surface area contributed by atoms with Crippen molar-refractivity contribution in [3.8, 4) is 5.75 Å². The molecule has 0 bridgehead atoms. The zero-order chi connectivity index (χ0) is 20.0. The second-order valence-electron chi connectivity index (χ2n) is 8.19. The lowest BCUT2D eigenvalue weighted by Crippen LogP contribution is -2.52. The first-order valence-electron chi connectivity index (χ1n) is 10.2. The van der Waals surface area contributed by atoms with E-state index in [2.05, 4.69) is 62.1 Å². The molecule has 5 heteroatoms. The monoisotopic (exact) mass is 375 g/mol. The highest BCUT2D eigenvalue weighted by atomic mass is 16.5. The molecular formula is C22H37N3O2. The average Bonchev–Trinajstić information content (AvgIpc) is 2.56. The molecule has 27 heavy (non-hydrogen) atoms. The number of hydrogen-bond acceptors (Lipinski definition) is 4. The summed E-state index contributed by atoms with van der Waals surface area (Å²) < 4.78 is 6.03. The number of hydrogen-bond donors (Lipinski definition) is 1. The van der Waals surface area contributed by atoms with Crippen molar-refractivity contribution in [1.82, 2.24) is 15.1 Å². The van der Waals surface area contributed by atoms with Crippen LogP contribution in [0.25, 0.3) is 0 Å². The van der Waals surface area contributed by atoms with Crippen molar-refractivity contribution in [2.75, 3.05) is 46.9 Å². The first-order chi connectivity index (χ1) is 12.8. The van der Waals surface area contributed by atoms with Gasteiger partial charge in [-0.05, 0) is 77.0 Å². The number of nitrogens with zero attached hydrogens (tertiary/aromatic N) is 2. The van der Waals surface area contributed by atoms with Gasteiger partial charge in [-0.15, -0.1) is 0 Å². The van der Waals surface area contributed by atoms with Gasteiger partial charge in [-0.3, -0.25) is 9.69 Å². The average molecular weight is 376 g/mol. The molecule has 0 aromatic heterocycles. The van der Waals surface area contributed by atoms with Crippen molar-refractivity contribution >= 4 is 5.91 Å². The molecule has 1 aliphatic rings. The fourth-order valence-corrected chi connectivity index (χ4v) is 3.68. The van der Waals surface area contributed by atoms with Gasteiger partial charge in [-0.1, -0.05) is 6.07 Å². The van der Waals surface area contributed by atoms with Gasteiger partial charge < -0.3 is 15.0 Å². The number of amides is 1. The molecule has 1 atom stereocenters. The van der Waals surface area contributed by atoms with Crippen LogP contribution in [0.4, 0.5) is 0 Å². The molecule has 1 heterocycles. The molecule has 0 radical (unpaired) electrons. The molecule has 0 saturated carbocycles. The minimum atomic E-state index is 0.0604. The van der Waals surface area contributed by atoms with E-state index in [0.717, 1.165) is 51.4 Å². The van der Waals surface area contributed by atoms with E-state index in [4.69, 9.17) is 4.74 Å². The van der Waals surface area contributed by atoms with E-state index in [9.17, 15) is 4.79 Å². The van der Waals surface area contributed by atoms with Crippen LogP contribution >= 0.6 is 0 Å². The maximum atomic E-state index is 11.0. The summed E-state index contributed by atoms with van der Waals surface area (Å²) in [6.45, 7) is 13.0. The van der Waals surface area contributed by atoms with E-state index in [-0.39, 0.29) is 5.91 Å². The van der Waals surface area contributed by atoms with Crippen LogP contribution in [0, 0.1) is 19.8 Å². The van der Waals surface area contributed by atoms with Crippen LogP contribution < -0.4 is 10.1 Å². The Labute approximate surface area is 165 Å². The van der Waals surface area contributed by atoms with E-state index < -0.39 is 0 Å². The maximum absolute atomic E-state index is 11.0. The molecule has 0 aliphatic carbocycles. The van der Waals surface area contributed by atoms with Crippen molar-refractivity contribution in [3.05, 3.63) is 28.8 Å². The van der Waals surface area contributed by atoms with Crippen molar-refractivity contribution in [3.63, 3.8) is 0 Å². The number of carbonyl (C=O) groups excluding carboxylic acids is 1. The Hall–Kier alpha value is -1.59. The molecule has 5 nitrogen and oxygen atoms in total. The zero-order valence-corrected chi connectivity index (χ0v) is 18.0. The molecule has 1 aromatic rings.